The molecular weight excluding hydrogens is 326 g/mol. The van der Waals surface area contributed by atoms with Gasteiger partial charge in [0, 0.05) is 26.2 Å². The highest BCUT2D eigenvalue weighted by atomic mass is 16.5. The maximum absolute atomic E-state index is 12.9. The number of likely N-dealkylation sites (tertiary alicyclic amines) is 1. The summed E-state index contributed by atoms with van der Waals surface area (Å²) in [5, 5.41) is 12.6. The Morgan fingerprint density at radius 2 is 2.12 bits per heavy atom. The maximum Gasteiger partial charge on any atom is 0.292 e. The van der Waals surface area contributed by atoms with E-state index < -0.39 is 5.54 Å². The minimum Gasteiger partial charge on any atom is -0.479 e. The molecule has 3 heterocycles. The molecule has 0 bridgehead atoms. The quantitative estimate of drug-likeness (QED) is 0.707. The van der Waals surface area contributed by atoms with Crippen LogP contribution in [0.15, 0.2) is 10.6 Å². The van der Waals surface area contributed by atoms with Crippen LogP contribution >= 0.6 is 0 Å². The van der Waals surface area contributed by atoms with Gasteiger partial charge < -0.3 is 19.1 Å². The Balaban J connectivity index is 1.70. The lowest BCUT2D eigenvalue weighted by atomic mass is 9.82. The standard InChI is InChI=1S/C16H21N5O4/c1-19-9-10-21(8-5-17)15(23)16(19)3-6-20(7-4-16)14(22)12-11-13(24-2)18-25-12/h11H,3-4,6-10H2,1-2H3. The van der Waals surface area contributed by atoms with E-state index in [0.29, 0.717) is 32.5 Å². The molecule has 2 fully saturated rings. The first-order valence-corrected chi connectivity index (χ1v) is 8.19. The van der Waals surface area contributed by atoms with Crippen LogP contribution < -0.4 is 4.74 Å². The SMILES string of the molecule is COc1cc(C(=O)N2CCC3(CC2)C(=O)N(CC#N)CCN3C)on1. The average Bonchev–Trinajstić information content (AvgIpc) is 3.12. The van der Waals surface area contributed by atoms with E-state index in [1.165, 1.54) is 13.2 Å². The summed E-state index contributed by atoms with van der Waals surface area (Å²) in [5.41, 5.74) is -0.634. The number of hydrogen-bond acceptors (Lipinski definition) is 7. The van der Waals surface area contributed by atoms with Gasteiger partial charge in [0.15, 0.2) is 0 Å². The molecule has 0 aromatic carbocycles. The molecule has 2 aliphatic heterocycles. The summed E-state index contributed by atoms with van der Waals surface area (Å²) in [6.45, 7) is 2.28. The molecule has 25 heavy (non-hydrogen) atoms. The van der Waals surface area contributed by atoms with Crippen molar-refractivity contribution in [2.24, 2.45) is 0 Å². The lowest BCUT2D eigenvalue weighted by Crippen LogP contribution is -2.68. The average molecular weight is 347 g/mol. The first-order valence-electron chi connectivity index (χ1n) is 8.19. The highest BCUT2D eigenvalue weighted by Gasteiger charge is 2.49. The number of carbonyl (C=O) groups excluding carboxylic acids is 2. The third-order valence-corrected chi connectivity index (χ3v) is 5.17. The van der Waals surface area contributed by atoms with Crippen LogP contribution in [0.5, 0.6) is 5.88 Å². The molecule has 2 aliphatic rings. The fourth-order valence-electron chi connectivity index (χ4n) is 3.57. The van der Waals surface area contributed by atoms with Crippen molar-refractivity contribution in [3.8, 4) is 11.9 Å². The minimum atomic E-state index is -0.634. The molecule has 1 aromatic heterocycles. The lowest BCUT2D eigenvalue weighted by molar-refractivity contribution is -0.152. The second-order valence-corrected chi connectivity index (χ2v) is 6.36. The number of carbonyl (C=O) groups is 2. The number of methoxy groups -OCH3 is 1. The van der Waals surface area contributed by atoms with Crippen LogP contribution in [0, 0.1) is 11.3 Å². The number of aromatic nitrogens is 1. The van der Waals surface area contributed by atoms with Crippen molar-refractivity contribution >= 4 is 11.8 Å². The van der Waals surface area contributed by atoms with Crippen molar-refractivity contribution in [3.05, 3.63) is 11.8 Å². The predicted molar refractivity (Wildman–Crippen MR) is 85.7 cm³/mol. The van der Waals surface area contributed by atoms with Crippen molar-refractivity contribution < 1.29 is 18.8 Å². The van der Waals surface area contributed by atoms with Gasteiger partial charge in [-0.3, -0.25) is 14.5 Å². The molecule has 3 rings (SSSR count). The summed E-state index contributed by atoms with van der Waals surface area (Å²) in [7, 11) is 3.38. The van der Waals surface area contributed by atoms with E-state index in [4.69, 9.17) is 14.5 Å². The zero-order valence-electron chi connectivity index (χ0n) is 14.4. The molecule has 0 radical (unpaired) electrons. The Morgan fingerprint density at radius 1 is 1.40 bits per heavy atom. The maximum atomic E-state index is 12.9. The van der Waals surface area contributed by atoms with Gasteiger partial charge in [0.05, 0.1) is 19.2 Å². The Kier molecular flexibility index (Phi) is 4.63. The number of ether oxygens (including phenoxy) is 1. The molecular formula is C16H21N5O4. The van der Waals surface area contributed by atoms with Crippen LogP contribution in [0.1, 0.15) is 23.4 Å². The van der Waals surface area contributed by atoms with Gasteiger partial charge in [-0.15, -0.1) is 0 Å². The molecule has 1 spiro atoms. The van der Waals surface area contributed by atoms with E-state index in [0.717, 1.165) is 6.54 Å². The predicted octanol–water partition coefficient (Wildman–Crippen LogP) is -0.0444. The summed E-state index contributed by atoms with van der Waals surface area (Å²) in [6, 6.07) is 3.51. The molecule has 0 saturated carbocycles. The van der Waals surface area contributed by atoms with E-state index in [2.05, 4.69) is 16.1 Å². The molecule has 9 nitrogen and oxygen atoms in total. The molecule has 0 atom stereocenters. The number of likely N-dealkylation sites (N-methyl/N-ethyl adjacent to an activating group) is 1. The van der Waals surface area contributed by atoms with Crippen LogP contribution in [0.2, 0.25) is 0 Å². The van der Waals surface area contributed by atoms with Crippen LogP contribution in [-0.2, 0) is 4.79 Å². The van der Waals surface area contributed by atoms with E-state index in [9.17, 15) is 9.59 Å². The zero-order chi connectivity index (χ0) is 18.0. The van der Waals surface area contributed by atoms with Crippen molar-refractivity contribution in [2.75, 3.05) is 46.9 Å². The Bertz CT molecular complexity index is 702. The number of rotatable bonds is 3. The number of hydrogen-bond donors (Lipinski definition) is 0. The third kappa shape index (κ3) is 2.93. The summed E-state index contributed by atoms with van der Waals surface area (Å²) in [4.78, 5) is 30.7. The van der Waals surface area contributed by atoms with Crippen LogP contribution in [0.3, 0.4) is 0 Å². The Labute approximate surface area is 145 Å². The largest absolute Gasteiger partial charge is 0.479 e. The van der Waals surface area contributed by atoms with Gasteiger partial charge in [-0.2, -0.15) is 5.26 Å². The summed E-state index contributed by atoms with van der Waals surface area (Å²) >= 11 is 0. The van der Waals surface area contributed by atoms with E-state index >= 15 is 0 Å². The number of nitriles is 1. The first-order chi connectivity index (χ1) is 12.0. The summed E-state index contributed by atoms with van der Waals surface area (Å²) in [6.07, 6.45) is 1.06. The van der Waals surface area contributed by atoms with Crippen LogP contribution in [-0.4, -0.2) is 84.1 Å². The normalized spacial score (nSPS) is 20.6. The number of amides is 2. The molecule has 1 aromatic rings. The zero-order valence-corrected chi connectivity index (χ0v) is 14.4. The molecule has 9 heteroatoms. The second kappa shape index (κ2) is 6.72. The molecule has 134 valence electrons. The van der Waals surface area contributed by atoms with Gasteiger partial charge in [0.2, 0.25) is 11.7 Å². The molecule has 2 amide bonds. The summed E-state index contributed by atoms with van der Waals surface area (Å²) < 4.78 is 9.94. The van der Waals surface area contributed by atoms with Crippen LogP contribution in [0.25, 0.3) is 0 Å². The van der Waals surface area contributed by atoms with Gasteiger partial charge in [0.1, 0.15) is 12.1 Å². The van der Waals surface area contributed by atoms with Gasteiger partial charge in [0.25, 0.3) is 11.8 Å². The van der Waals surface area contributed by atoms with Crippen molar-refractivity contribution in [2.45, 2.75) is 18.4 Å². The van der Waals surface area contributed by atoms with E-state index in [-0.39, 0.29) is 30.0 Å². The molecule has 0 N–H and O–H groups in total. The Hall–Kier alpha value is -2.60. The highest BCUT2D eigenvalue weighted by molar-refractivity contribution is 5.92. The highest BCUT2D eigenvalue weighted by Crippen LogP contribution is 2.33. The first kappa shape index (κ1) is 17.2. The van der Waals surface area contributed by atoms with Crippen molar-refractivity contribution in [1.82, 2.24) is 19.9 Å². The van der Waals surface area contributed by atoms with E-state index in [1.807, 2.05) is 7.05 Å². The van der Waals surface area contributed by atoms with Crippen molar-refractivity contribution in [3.63, 3.8) is 0 Å². The smallest absolute Gasteiger partial charge is 0.292 e. The lowest BCUT2D eigenvalue weighted by Gasteiger charge is -2.51. The number of nitrogens with zero attached hydrogens (tertiary/aromatic N) is 5. The van der Waals surface area contributed by atoms with Crippen molar-refractivity contribution in [1.29, 1.82) is 5.26 Å². The minimum absolute atomic E-state index is 0.0174. The van der Waals surface area contributed by atoms with Crippen LogP contribution in [0.4, 0.5) is 0 Å². The monoisotopic (exact) mass is 347 g/mol. The van der Waals surface area contributed by atoms with Gasteiger partial charge in [-0.05, 0) is 25.0 Å². The van der Waals surface area contributed by atoms with E-state index in [1.54, 1.807) is 9.80 Å². The third-order valence-electron chi connectivity index (χ3n) is 5.17. The topological polar surface area (TPSA) is 103 Å². The number of piperazine rings is 1. The molecule has 2 saturated heterocycles. The molecule has 0 aliphatic carbocycles. The van der Waals surface area contributed by atoms with Gasteiger partial charge in [-0.1, -0.05) is 0 Å². The fraction of sp³-hybridized carbons (Fsp3) is 0.625. The number of piperidine rings is 1. The van der Waals surface area contributed by atoms with Gasteiger partial charge >= 0.3 is 0 Å². The second-order valence-electron chi connectivity index (χ2n) is 6.36. The van der Waals surface area contributed by atoms with Gasteiger partial charge in [-0.25, -0.2) is 0 Å². The summed E-state index contributed by atoms with van der Waals surface area (Å²) in [5.74, 6) is 0.107. The Morgan fingerprint density at radius 3 is 2.72 bits per heavy atom. The fourth-order valence-corrected chi connectivity index (χ4v) is 3.57. The molecule has 0 unspecified atom stereocenters.